The summed E-state index contributed by atoms with van der Waals surface area (Å²) in [7, 11) is 0. The Morgan fingerprint density at radius 3 is 2.50 bits per heavy atom. The average Bonchev–Trinajstić information content (AvgIpc) is 2.69. The molecule has 3 aliphatic heterocycles. The Morgan fingerprint density at radius 1 is 1.11 bits per heavy atom. The summed E-state index contributed by atoms with van der Waals surface area (Å²) in [5.74, 6) is 2.81. The van der Waals surface area contributed by atoms with Crippen molar-refractivity contribution in [2.24, 2.45) is 0 Å². The van der Waals surface area contributed by atoms with Crippen molar-refractivity contribution in [3.8, 4) is 0 Å². The van der Waals surface area contributed by atoms with Crippen LogP contribution in [-0.4, -0.2) is 47.1 Å². The summed E-state index contributed by atoms with van der Waals surface area (Å²) in [5, 5.41) is 3.76. The Labute approximate surface area is 116 Å². The zero-order valence-electron chi connectivity index (χ0n) is 11.7. The molecule has 18 heavy (non-hydrogen) atoms. The second kappa shape index (κ2) is 6.15. The molecule has 0 amide bonds. The largest absolute Gasteiger partial charge is 0.314 e. The van der Waals surface area contributed by atoms with Crippen LogP contribution >= 0.6 is 11.8 Å². The molecule has 3 saturated heterocycles. The molecule has 1 N–H and O–H groups in total. The van der Waals surface area contributed by atoms with Crippen LogP contribution in [0.25, 0.3) is 0 Å². The lowest BCUT2D eigenvalue weighted by Crippen LogP contribution is -2.54. The maximum absolute atomic E-state index is 3.76. The molecule has 0 radical (unpaired) electrons. The van der Waals surface area contributed by atoms with Gasteiger partial charge in [0.1, 0.15) is 0 Å². The van der Waals surface area contributed by atoms with Crippen LogP contribution in [0.2, 0.25) is 0 Å². The second-order valence-corrected chi connectivity index (χ2v) is 7.48. The molecule has 0 saturated carbocycles. The monoisotopic (exact) mass is 268 g/mol. The van der Waals surface area contributed by atoms with Crippen LogP contribution in [-0.2, 0) is 0 Å². The van der Waals surface area contributed by atoms with Gasteiger partial charge >= 0.3 is 0 Å². The molecule has 3 atom stereocenters. The van der Waals surface area contributed by atoms with Crippen molar-refractivity contribution in [1.29, 1.82) is 0 Å². The zero-order valence-corrected chi connectivity index (χ0v) is 12.6. The topological polar surface area (TPSA) is 15.3 Å². The SMILES string of the molecule is CCCNC1CC2CCC(C1)N2C1CCCSC1. The summed E-state index contributed by atoms with van der Waals surface area (Å²) >= 11 is 2.19. The Morgan fingerprint density at radius 2 is 1.89 bits per heavy atom. The molecule has 2 nitrogen and oxygen atoms in total. The summed E-state index contributed by atoms with van der Waals surface area (Å²) in [6, 6.07) is 3.53. The van der Waals surface area contributed by atoms with E-state index < -0.39 is 0 Å². The van der Waals surface area contributed by atoms with Crippen molar-refractivity contribution in [1.82, 2.24) is 10.2 Å². The lowest BCUT2D eigenvalue weighted by molar-refractivity contribution is 0.0741. The highest BCUT2D eigenvalue weighted by molar-refractivity contribution is 7.99. The second-order valence-electron chi connectivity index (χ2n) is 6.33. The van der Waals surface area contributed by atoms with Gasteiger partial charge in [-0.25, -0.2) is 0 Å². The summed E-state index contributed by atoms with van der Waals surface area (Å²) < 4.78 is 0. The molecule has 3 heterocycles. The third-order valence-electron chi connectivity index (χ3n) is 5.03. The van der Waals surface area contributed by atoms with Crippen LogP contribution in [0.5, 0.6) is 0 Å². The van der Waals surface area contributed by atoms with Crippen molar-refractivity contribution in [3.05, 3.63) is 0 Å². The molecule has 3 rings (SSSR count). The molecule has 0 spiro atoms. The number of hydrogen-bond acceptors (Lipinski definition) is 3. The van der Waals surface area contributed by atoms with Gasteiger partial charge in [-0.2, -0.15) is 11.8 Å². The highest BCUT2D eigenvalue weighted by Crippen LogP contribution is 2.39. The first-order chi connectivity index (χ1) is 8.88. The van der Waals surface area contributed by atoms with E-state index in [4.69, 9.17) is 0 Å². The Balaban J connectivity index is 1.58. The number of nitrogens with one attached hydrogen (secondary N) is 1. The van der Waals surface area contributed by atoms with E-state index >= 15 is 0 Å². The third-order valence-corrected chi connectivity index (χ3v) is 6.23. The summed E-state index contributed by atoms with van der Waals surface area (Å²) in [6.45, 7) is 3.49. The highest BCUT2D eigenvalue weighted by Gasteiger charge is 2.43. The van der Waals surface area contributed by atoms with Crippen molar-refractivity contribution in [2.75, 3.05) is 18.1 Å². The molecule has 3 heteroatoms. The van der Waals surface area contributed by atoms with Crippen molar-refractivity contribution in [3.63, 3.8) is 0 Å². The van der Waals surface area contributed by atoms with E-state index in [0.29, 0.717) is 0 Å². The van der Waals surface area contributed by atoms with Crippen molar-refractivity contribution >= 4 is 11.8 Å². The lowest BCUT2D eigenvalue weighted by atomic mass is 9.94. The molecule has 3 unspecified atom stereocenters. The normalized spacial score (nSPS) is 41.2. The quantitative estimate of drug-likeness (QED) is 0.844. The Hall–Kier alpha value is 0.270. The average molecular weight is 268 g/mol. The minimum atomic E-state index is 0.815. The minimum Gasteiger partial charge on any atom is -0.314 e. The smallest absolute Gasteiger partial charge is 0.0192 e. The molecule has 0 aromatic carbocycles. The number of hydrogen-bond donors (Lipinski definition) is 1. The van der Waals surface area contributed by atoms with Gasteiger partial charge in [0.2, 0.25) is 0 Å². The predicted octanol–water partition coefficient (Wildman–Crippen LogP) is 2.88. The third kappa shape index (κ3) is 2.73. The first kappa shape index (κ1) is 13.3. The highest BCUT2D eigenvalue weighted by atomic mass is 32.2. The molecule has 3 fully saturated rings. The van der Waals surface area contributed by atoms with Crippen LogP contribution in [0.4, 0.5) is 0 Å². The number of rotatable bonds is 4. The van der Waals surface area contributed by atoms with E-state index in [2.05, 4.69) is 28.9 Å². The predicted molar refractivity (Wildman–Crippen MR) is 80.3 cm³/mol. The van der Waals surface area contributed by atoms with E-state index in [-0.39, 0.29) is 0 Å². The van der Waals surface area contributed by atoms with E-state index in [1.165, 1.54) is 63.0 Å². The van der Waals surface area contributed by atoms with Gasteiger partial charge in [0.25, 0.3) is 0 Å². The van der Waals surface area contributed by atoms with Gasteiger partial charge in [-0.05, 0) is 57.2 Å². The Kier molecular flexibility index (Phi) is 4.53. The molecule has 2 bridgehead atoms. The molecular formula is C15H28N2S. The van der Waals surface area contributed by atoms with Gasteiger partial charge in [-0.15, -0.1) is 0 Å². The fraction of sp³-hybridized carbons (Fsp3) is 1.00. The molecule has 0 aromatic rings. The standard InChI is InChI=1S/C15H28N2S/c1-2-7-16-12-9-13-5-6-14(10-12)17(13)15-4-3-8-18-11-15/h12-16H,2-11H2,1H3. The maximum Gasteiger partial charge on any atom is 0.0192 e. The minimum absolute atomic E-state index is 0.815. The van der Waals surface area contributed by atoms with Crippen molar-refractivity contribution < 1.29 is 0 Å². The molecule has 104 valence electrons. The van der Waals surface area contributed by atoms with E-state index in [1.807, 2.05) is 0 Å². The van der Waals surface area contributed by atoms with Gasteiger partial charge in [-0.1, -0.05) is 6.92 Å². The first-order valence-corrected chi connectivity index (χ1v) is 9.12. The van der Waals surface area contributed by atoms with Crippen LogP contribution < -0.4 is 5.32 Å². The molecular weight excluding hydrogens is 240 g/mol. The number of thioether (sulfide) groups is 1. The van der Waals surface area contributed by atoms with E-state index in [9.17, 15) is 0 Å². The van der Waals surface area contributed by atoms with Gasteiger partial charge < -0.3 is 5.32 Å². The van der Waals surface area contributed by atoms with Crippen molar-refractivity contribution in [2.45, 2.75) is 76.0 Å². The summed E-state index contributed by atoms with van der Waals surface area (Å²) in [6.07, 6.45) is 9.95. The van der Waals surface area contributed by atoms with Crippen LogP contribution in [0.15, 0.2) is 0 Å². The molecule has 0 aliphatic carbocycles. The van der Waals surface area contributed by atoms with E-state index in [0.717, 1.165) is 24.2 Å². The summed E-state index contributed by atoms with van der Waals surface area (Å²) in [4.78, 5) is 2.94. The lowest BCUT2D eigenvalue weighted by Gasteiger charge is -2.45. The van der Waals surface area contributed by atoms with Gasteiger partial charge in [-0.3, -0.25) is 4.90 Å². The Bertz CT molecular complexity index is 251. The zero-order chi connectivity index (χ0) is 12.4. The fourth-order valence-corrected chi connectivity index (χ4v) is 5.43. The number of nitrogens with zero attached hydrogens (tertiary/aromatic N) is 1. The summed E-state index contributed by atoms with van der Waals surface area (Å²) in [5.41, 5.74) is 0. The van der Waals surface area contributed by atoms with Gasteiger partial charge in [0.15, 0.2) is 0 Å². The molecule has 0 aromatic heterocycles. The van der Waals surface area contributed by atoms with Crippen LogP contribution in [0, 0.1) is 0 Å². The van der Waals surface area contributed by atoms with Crippen LogP contribution in [0.3, 0.4) is 0 Å². The first-order valence-electron chi connectivity index (χ1n) is 7.97. The molecule has 3 aliphatic rings. The number of piperidine rings is 1. The van der Waals surface area contributed by atoms with E-state index in [1.54, 1.807) is 0 Å². The van der Waals surface area contributed by atoms with Gasteiger partial charge in [0.05, 0.1) is 0 Å². The van der Waals surface area contributed by atoms with Crippen LogP contribution in [0.1, 0.15) is 51.9 Å². The van der Waals surface area contributed by atoms with Gasteiger partial charge in [0, 0.05) is 29.9 Å². The fourth-order valence-electron chi connectivity index (χ4n) is 4.28. The maximum atomic E-state index is 3.76. The number of fused-ring (bicyclic) bond motifs is 2.